The van der Waals surface area contributed by atoms with Crippen molar-refractivity contribution in [2.24, 2.45) is 5.92 Å². The molecule has 2 heteroatoms. The van der Waals surface area contributed by atoms with Crippen molar-refractivity contribution in [1.29, 1.82) is 0 Å². The van der Waals surface area contributed by atoms with Gasteiger partial charge in [-0.25, -0.2) is 4.39 Å². The highest BCUT2D eigenvalue weighted by molar-refractivity contribution is 5.31. The number of nitrogens with one attached hydrogen (secondary N) is 1. The lowest BCUT2D eigenvalue weighted by atomic mass is 9.78. The minimum absolute atomic E-state index is 0.0210. The van der Waals surface area contributed by atoms with Crippen LogP contribution in [0, 0.1) is 18.7 Å². The second-order valence-electron chi connectivity index (χ2n) is 5.17. The summed E-state index contributed by atoms with van der Waals surface area (Å²) in [6, 6.07) is 5.39. The largest absolute Gasteiger partial charge is 0.307 e. The zero-order valence-electron chi connectivity index (χ0n) is 10.3. The van der Waals surface area contributed by atoms with Crippen LogP contribution in [-0.2, 0) is 5.54 Å². The molecular weight excluding hydrogens is 201 g/mol. The summed E-state index contributed by atoms with van der Waals surface area (Å²) in [5.74, 6) is 0.361. The van der Waals surface area contributed by atoms with Gasteiger partial charge in [0.05, 0.1) is 0 Å². The first-order valence-electron chi connectivity index (χ1n) is 6.07. The molecule has 1 aromatic carbocycles. The summed E-state index contributed by atoms with van der Waals surface area (Å²) in [6.45, 7) is 7.40. The molecule has 1 fully saturated rings. The third kappa shape index (κ3) is 1.86. The Morgan fingerprint density at radius 3 is 2.56 bits per heavy atom. The van der Waals surface area contributed by atoms with Crippen LogP contribution in [0.1, 0.15) is 37.8 Å². The summed E-state index contributed by atoms with van der Waals surface area (Å²) in [6.07, 6.45) is 2.28. The van der Waals surface area contributed by atoms with Gasteiger partial charge < -0.3 is 5.32 Å². The van der Waals surface area contributed by atoms with Crippen LogP contribution >= 0.6 is 0 Å². The van der Waals surface area contributed by atoms with Crippen LogP contribution in [0.3, 0.4) is 0 Å². The third-order valence-corrected chi connectivity index (χ3v) is 3.73. The SMILES string of the molecule is Cc1cc(F)cc(C2(C(C)C)CCCN2)c1. The van der Waals surface area contributed by atoms with E-state index in [9.17, 15) is 4.39 Å². The minimum atomic E-state index is -0.122. The second kappa shape index (κ2) is 4.17. The number of aryl methyl sites for hydroxylation is 1. The highest BCUT2D eigenvalue weighted by atomic mass is 19.1. The van der Waals surface area contributed by atoms with E-state index in [4.69, 9.17) is 0 Å². The maximum absolute atomic E-state index is 13.5. The average molecular weight is 221 g/mol. The van der Waals surface area contributed by atoms with Crippen LogP contribution in [0.4, 0.5) is 4.39 Å². The van der Waals surface area contributed by atoms with Crippen molar-refractivity contribution in [3.63, 3.8) is 0 Å². The highest BCUT2D eigenvalue weighted by Crippen LogP contribution is 2.38. The predicted molar refractivity (Wildman–Crippen MR) is 64.9 cm³/mol. The zero-order valence-corrected chi connectivity index (χ0v) is 10.3. The van der Waals surface area contributed by atoms with Crippen molar-refractivity contribution in [3.8, 4) is 0 Å². The Bertz CT molecular complexity index is 358. The van der Waals surface area contributed by atoms with E-state index in [0.717, 1.165) is 24.1 Å². The van der Waals surface area contributed by atoms with Gasteiger partial charge in [0.25, 0.3) is 0 Å². The van der Waals surface area contributed by atoms with Crippen LogP contribution in [0.15, 0.2) is 18.2 Å². The Labute approximate surface area is 97.1 Å². The van der Waals surface area contributed by atoms with Gasteiger partial charge in [0.2, 0.25) is 0 Å². The van der Waals surface area contributed by atoms with E-state index in [1.807, 2.05) is 6.92 Å². The Morgan fingerprint density at radius 2 is 2.06 bits per heavy atom. The molecule has 0 aromatic heterocycles. The van der Waals surface area contributed by atoms with Gasteiger partial charge in [-0.15, -0.1) is 0 Å². The maximum atomic E-state index is 13.5. The molecule has 1 N–H and O–H groups in total. The lowest BCUT2D eigenvalue weighted by molar-refractivity contribution is 0.276. The van der Waals surface area contributed by atoms with Crippen LogP contribution in [0.5, 0.6) is 0 Å². The van der Waals surface area contributed by atoms with Crippen LogP contribution in [0.25, 0.3) is 0 Å². The van der Waals surface area contributed by atoms with Gasteiger partial charge in [0, 0.05) is 5.54 Å². The molecule has 1 aromatic rings. The van der Waals surface area contributed by atoms with E-state index < -0.39 is 0 Å². The van der Waals surface area contributed by atoms with Gasteiger partial charge in [0.15, 0.2) is 0 Å². The molecule has 1 heterocycles. The van der Waals surface area contributed by atoms with Gasteiger partial charge in [-0.3, -0.25) is 0 Å². The van der Waals surface area contributed by atoms with E-state index >= 15 is 0 Å². The third-order valence-electron chi connectivity index (χ3n) is 3.73. The molecule has 0 aliphatic carbocycles. The number of benzene rings is 1. The van der Waals surface area contributed by atoms with Crippen molar-refractivity contribution in [2.45, 2.75) is 39.2 Å². The molecule has 16 heavy (non-hydrogen) atoms. The lowest BCUT2D eigenvalue weighted by Crippen LogP contribution is -2.41. The first kappa shape index (κ1) is 11.6. The Kier molecular flexibility index (Phi) is 3.02. The quantitative estimate of drug-likeness (QED) is 0.807. The second-order valence-corrected chi connectivity index (χ2v) is 5.17. The van der Waals surface area contributed by atoms with Gasteiger partial charge in [0.1, 0.15) is 5.82 Å². The number of halogens is 1. The summed E-state index contributed by atoms with van der Waals surface area (Å²) in [5.41, 5.74) is 2.09. The van der Waals surface area contributed by atoms with E-state index in [1.54, 1.807) is 12.1 Å². The van der Waals surface area contributed by atoms with E-state index in [1.165, 1.54) is 6.42 Å². The molecule has 1 nitrogen and oxygen atoms in total. The molecule has 0 spiro atoms. The monoisotopic (exact) mass is 221 g/mol. The van der Waals surface area contributed by atoms with E-state index in [0.29, 0.717) is 5.92 Å². The molecule has 0 saturated carbocycles. The summed E-state index contributed by atoms with van der Waals surface area (Å²) < 4.78 is 13.5. The molecule has 1 aliphatic heterocycles. The fraction of sp³-hybridized carbons (Fsp3) is 0.571. The van der Waals surface area contributed by atoms with Crippen LogP contribution in [-0.4, -0.2) is 6.54 Å². The zero-order chi connectivity index (χ0) is 11.8. The van der Waals surface area contributed by atoms with Crippen LogP contribution < -0.4 is 5.32 Å². The summed E-state index contributed by atoms with van der Waals surface area (Å²) >= 11 is 0. The Hall–Kier alpha value is -0.890. The average Bonchev–Trinajstić information content (AvgIpc) is 2.65. The molecule has 1 unspecified atom stereocenters. The molecule has 1 saturated heterocycles. The minimum Gasteiger partial charge on any atom is -0.307 e. The van der Waals surface area contributed by atoms with Gasteiger partial charge in [-0.2, -0.15) is 0 Å². The number of rotatable bonds is 2. The predicted octanol–water partition coefficient (Wildman–Crippen LogP) is 3.37. The molecule has 1 aliphatic rings. The number of hydrogen-bond donors (Lipinski definition) is 1. The van der Waals surface area contributed by atoms with Crippen LogP contribution in [0.2, 0.25) is 0 Å². The van der Waals surface area contributed by atoms with Crippen molar-refractivity contribution in [3.05, 3.63) is 35.1 Å². The first-order chi connectivity index (χ1) is 7.54. The summed E-state index contributed by atoms with van der Waals surface area (Å²) in [4.78, 5) is 0. The summed E-state index contributed by atoms with van der Waals surface area (Å²) in [7, 11) is 0. The van der Waals surface area contributed by atoms with Gasteiger partial charge in [-0.1, -0.05) is 19.9 Å². The van der Waals surface area contributed by atoms with Crippen molar-refractivity contribution < 1.29 is 4.39 Å². The topological polar surface area (TPSA) is 12.0 Å². The molecule has 88 valence electrons. The summed E-state index contributed by atoms with van der Waals surface area (Å²) in [5, 5.41) is 3.57. The fourth-order valence-electron chi connectivity index (χ4n) is 2.83. The first-order valence-corrected chi connectivity index (χ1v) is 6.07. The molecule has 1 atom stereocenters. The standard InChI is InChI=1S/C14H20FN/c1-10(2)14(5-4-6-16-14)12-7-11(3)8-13(15)9-12/h7-10,16H,4-6H2,1-3H3. The van der Waals surface area contributed by atoms with Gasteiger partial charge >= 0.3 is 0 Å². The lowest BCUT2D eigenvalue weighted by Gasteiger charge is -2.35. The fourth-order valence-corrected chi connectivity index (χ4v) is 2.83. The Balaban J connectivity index is 2.47. The van der Waals surface area contributed by atoms with Crippen molar-refractivity contribution in [1.82, 2.24) is 5.32 Å². The molecule has 2 rings (SSSR count). The number of hydrogen-bond acceptors (Lipinski definition) is 1. The highest BCUT2D eigenvalue weighted by Gasteiger charge is 2.38. The Morgan fingerprint density at radius 1 is 1.31 bits per heavy atom. The van der Waals surface area contributed by atoms with Gasteiger partial charge in [-0.05, 0) is 55.5 Å². The van der Waals surface area contributed by atoms with E-state index in [-0.39, 0.29) is 11.4 Å². The molecule has 0 bridgehead atoms. The maximum Gasteiger partial charge on any atom is 0.123 e. The van der Waals surface area contributed by atoms with Crippen molar-refractivity contribution in [2.75, 3.05) is 6.54 Å². The normalized spacial score (nSPS) is 25.3. The molecular formula is C14H20FN. The molecule has 0 amide bonds. The van der Waals surface area contributed by atoms with E-state index in [2.05, 4.69) is 25.2 Å². The molecule has 0 radical (unpaired) electrons. The smallest absolute Gasteiger partial charge is 0.123 e. The van der Waals surface area contributed by atoms with Crippen molar-refractivity contribution >= 4 is 0 Å².